The van der Waals surface area contributed by atoms with E-state index in [0.717, 1.165) is 29.7 Å². The Hall–Kier alpha value is -1.07. The number of hydrogen-bond donors (Lipinski definition) is 1. The molecule has 0 saturated carbocycles. The number of likely N-dealkylation sites (tertiary alicyclic amines) is 1. The topological polar surface area (TPSA) is 41.6 Å². The summed E-state index contributed by atoms with van der Waals surface area (Å²) in [6.07, 6.45) is 3.67. The van der Waals surface area contributed by atoms with E-state index >= 15 is 0 Å². The van der Waals surface area contributed by atoms with Gasteiger partial charge >= 0.3 is 0 Å². The van der Waals surface area contributed by atoms with E-state index in [2.05, 4.69) is 33.2 Å². The van der Waals surface area contributed by atoms with Crippen LogP contribution in [0.4, 0.5) is 0 Å². The largest absolute Gasteiger partial charge is 0.494 e. The molecule has 0 spiro atoms. The summed E-state index contributed by atoms with van der Waals surface area (Å²) in [5, 5.41) is 3.02. The van der Waals surface area contributed by atoms with Crippen LogP contribution in [0.25, 0.3) is 0 Å². The van der Waals surface area contributed by atoms with E-state index in [1.165, 1.54) is 12.8 Å². The van der Waals surface area contributed by atoms with Crippen LogP contribution in [0.3, 0.4) is 0 Å². The smallest absolute Gasteiger partial charge is 0.220 e. The van der Waals surface area contributed by atoms with Crippen molar-refractivity contribution in [2.45, 2.75) is 31.7 Å². The lowest BCUT2D eigenvalue weighted by Crippen LogP contribution is -2.38. The number of hydrogen-bond acceptors (Lipinski definition) is 3. The summed E-state index contributed by atoms with van der Waals surface area (Å²) in [4.78, 5) is 14.1. The number of ether oxygens (including phenoxy) is 1. The molecule has 0 radical (unpaired) electrons. The van der Waals surface area contributed by atoms with Crippen LogP contribution in [0.5, 0.6) is 5.75 Å². The van der Waals surface area contributed by atoms with Crippen molar-refractivity contribution < 1.29 is 9.53 Å². The summed E-state index contributed by atoms with van der Waals surface area (Å²) in [5.74, 6) is 0.950. The molecule has 0 aromatic heterocycles. The van der Waals surface area contributed by atoms with Crippen LogP contribution in [0.2, 0.25) is 0 Å². The fraction of sp³-hybridized carbons (Fsp3) is 0.562. The number of likely N-dealkylation sites (N-methyl/N-ethyl adjacent to an activating group) is 1. The van der Waals surface area contributed by atoms with Gasteiger partial charge in [0.25, 0.3) is 0 Å². The van der Waals surface area contributed by atoms with E-state index in [1.807, 2.05) is 24.3 Å². The van der Waals surface area contributed by atoms with E-state index in [4.69, 9.17) is 4.74 Å². The molecule has 1 aliphatic rings. The first-order chi connectivity index (χ1) is 10.1. The van der Waals surface area contributed by atoms with E-state index in [9.17, 15) is 4.79 Å². The lowest BCUT2D eigenvalue weighted by atomic mass is 10.2. The molecule has 1 saturated heterocycles. The Morgan fingerprint density at radius 1 is 1.52 bits per heavy atom. The Bertz CT molecular complexity index is 467. The number of benzene rings is 1. The summed E-state index contributed by atoms with van der Waals surface area (Å²) >= 11 is 3.40. The molecular formula is C16H23BrN2O2. The molecule has 1 atom stereocenters. The Balaban J connectivity index is 1.57. The number of carbonyl (C=O) groups is 1. The molecule has 1 aliphatic heterocycles. The van der Waals surface area contributed by atoms with Gasteiger partial charge in [0.2, 0.25) is 5.91 Å². The summed E-state index contributed by atoms with van der Waals surface area (Å²) in [6, 6.07) is 8.24. The third kappa shape index (κ3) is 5.67. The maximum atomic E-state index is 11.8. The van der Waals surface area contributed by atoms with Gasteiger partial charge in [0.15, 0.2) is 0 Å². The molecule has 5 heteroatoms. The van der Waals surface area contributed by atoms with Gasteiger partial charge in [0.05, 0.1) is 6.61 Å². The van der Waals surface area contributed by atoms with Crippen molar-refractivity contribution in [2.75, 3.05) is 26.7 Å². The zero-order chi connectivity index (χ0) is 15.1. The lowest BCUT2D eigenvalue weighted by Gasteiger charge is -2.19. The van der Waals surface area contributed by atoms with Crippen molar-refractivity contribution >= 4 is 21.8 Å². The van der Waals surface area contributed by atoms with E-state index in [1.54, 1.807) is 0 Å². The van der Waals surface area contributed by atoms with Gasteiger partial charge in [-0.25, -0.2) is 0 Å². The van der Waals surface area contributed by atoms with Crippen LogP contribution in [-0.4, -0.2) is 43.6 Å². The number of rotatable bonds is 7. The van der Waals surface area contributed by atoms with Crippen molar-refractivity contribution in [1.29, 1.82) is 0 Å². The monoisotopic (exact) mass is 354 g/mol. The molecule has 0 aliphatic carbocycles. The molecule has 0 unspecified atom stereocenters. The number of carbonyl (C=O) groups excluding carboxylic acids is 1. The molecular weight excluding hydrogens is 332 g/mol. The number of amides is 1. The average molecular weight is 355 g/mol. The van der Waals surface area contributed by atoms with Gasteiger partial charge in [-0.15, -0.1) is 0 Å². The summed E-state index contributed by atoms with van der Waals surface area (Å²) in [6.45, 7) is 2.47. The minimum atomic E-state index is 0.119. The highest BCUT2D eigenvalue weighted by atomic mass is 79.9. The lowest BCUT2D eigenvalue weighted by molar-refractivity contribution is -0.121. The highest BCUT2D eigenvalue weighted by molar-refractivity contribution is 9.10. The van der Waals surface area contributed by atoms with Crippen molar-refractivity contribution in [3.05, 3.63) is 28.7 Å². The molecule has 1 amide bonds. The maximum absolute atomic E-state index is 11.8. The number of nitrogens with one attached hydrogen (secondary N) is 1. The van der Waals surface area contributed by atoms with Gasteiger partial charge in [0.1, 0.15) is 5.75 Å². The molecule has 2 rings (SSSR count). The van der Waals surface area contributed by atoms with Crippen LogP contribution in [-0.2, 0) is 4.79 Å². The van der Waals surface area contributed by atoms with E-state index in [-0.39, 0.29) is 5.91 Å². The Kier molecular flexibility index (Phi) is 6.51. The SMILES string of the molecule is CN1CCC[C@H]1CNC(=O)CCCOc1cccc(Br)c1. The van der Waals surface area contributed by atoms with Crippen molar-refractivity contribution in [3.8, 4) is 5.75 Å². The van der Waals surface area contributed by atoms with E-state index < -0.39 is 0 Å². The Morgan fingerprint density at radius 3 is 3.10 bits per heavy atom. The molecule has 0 bridgehead atoms. The van der Waals surface area contributed by atoms with Gasteiger partial charge in [-0.3, -0.25) is 4.79 Å². The van der Waals surface area contributed by atoms with Gasteiger partial charge < -0.3 is 15.0 Å². The predicted molar refractivity (Wildman–Crippen MR) is 87.5 cm³/mol. The molecule has 1 aromatic rings. The molecule has 1 fully saturated rings. The van der Waals surface area contributed by atoms with Crippen molar-refractivity contribution in [2.24, 2.45) is 0 Å². The predicted octanol–water partition coefficient (Wildman–Crippen LogP) is 2.82. The van der Waals surface area contributed by atoms with Crippen LogP contribution in [0, 0.1) is 0 Å². The molecule has 116 valence electrons. The molecule has 1 heterocycles. The van der Waals surface area contributed by atoms with E-state index in [0.29, 0.717) is 19.1 Å². The second-order valence-corrected chi connectivity index (χ2v) is 6.41. The average Bonchev–Trinajstić information content (AvgIpc) is 2.87. The normalized spacial score (nSPS) is 18.7. The second-order valence-electron chi connectivity index (χ2n) is 5.49. The first-order valence-electron chi connectivity index (χ1n) is 7.50. The standard InChI is InChI=1S/C16H23BrN2O2/c1-19-9-3-6-14(19)12-18-16(20)8-4-10-21-15-7-2-5-13(17)11-15/h2,5,7,11,14H,3-4,6,8-10,12H2,1H3,(H,18,20)/t14-/m0/s1. The molecule has 4 nitrogen and oxygen atoms in total. The summed E-state index contributed by atoms with van der Waals surface area (Å²) in [7, 11) is 2.12. The zero-order valence-electron chi connectivity index (χ0n) is 12.5. The van der Waals surface area contributed by atoms with Crippen LogP contribution in [0.1, 0.15) is 25.7 Å². The molecule has 21 heavy (non-hydrogen) atoms. The van der Waals surface area contributed by atoms with Gasteiger partial charge in [-0.05, 0) is 51.1 Å². The first kappa shape index (κ1) is 16.3. The van der Waals surface area contributed by atoms with Crippen LogP contribution < -0.4 is 10.1 Å². The van der Waals surface area contributed by atoms with Gasteiger partial charge in [-0.2, -0.15) is 0 Å². The van der Waals surface area contributed by atoms with Gasteiger partial charge in [-0.1, -0.05) is 22.0 Å². The second kappa shape index (κ2) is 8.39. The van der Waals surface area contributed by atoms with Gasteiger partial charge in [0, 0.05) is 23.5 Å². The number of nitrogens with zero attached hydrogens (tertiary/aromatic N) is 1. The van der Waals surface area contributed by atoms with Crippen molar-refractivity contribution in [3.63, 3.8) is 0 Å². The highest BCUT2D eigenvalue weighted by Crippen LogP contribution is 2.18. The number of halogens is 1. The molecule has 1 aromatic carbocycles. The summed E-state index contributed by atoms with van der Waals surface area (Å²) in [5.41, 5.74) is 0. The highest BCUT2D eigenvalue weighted by Gasteiger charge is 2.20. The van der Waals surface area contributed by atoms with Crippen molar-refractivity contribution in [1.82, 2.24) is 10.2 Å². The Labute approximate surface area is 135 Å². The fourth-order valence-corrected chi connectivity index (χ4v) is 2.91. The minimum absolute atomic E-state index is 0.119. The minimum Gasteiger partial charge on any atom is -0.494 e. The maximum Gasteiger partial charge on any atom is 0.220 e. The Morgan fingerprint density at radius 2 is 2.38 bits per heavy atom. The molecule has 1 N–H and O–H groups in total. The van der Waals surface area contributed by atoms with Crippen LogP contribution >= 0.6 is 15.9 Å². The summed E-state index contributed by atoms with van der Waals surface area (Å²) < 4.78 is 6.61. The van der Waals surface area contributed by atoms with Crippen LogP contribution in [0.15, 0.2) is 28.7 Å². The zero-order valence-corrected chi connectivity index (χ0v) is 14.1. The quantitative estimate of drug-likeness (QED) is 0.765. The first-order valence-corrected chi connectivity index (χ1v) is 8.30. The third-order valence-corrected chi connectivity index (χ3v) is 4.31. The fourth-order valence-electron chi connectivity index (χ4n) is 2.54. The third-order valence-electron chi connectivity index (χ3n) is 3.82.